The summed E-state index contributed by atoms with van der Waals surface area (Å²) < 4.78 is 72.8. The van der Waals surface area contributed by atoms with Gasteiger partial charge >= 0.3 is 12.4 Å². The Morgan fingerprint density at radius 2 is 1.74 bits per heavy atom. The molecule has 0 unspecified atom stereocenters. The van der Waals surface area contributed by atoms with Crippen molar-refractivity contribution < 1.29 is 26.3 Å². The van der Waals surface area contributed by atoms with Gasteiger partial charge in [-0.2, -0.15) is 31.6 Å². The molecule has 0 heterocycles. The van der Waals surface area contributed by atoms with Crippen LogP contribution in [0.15, 0.2) is 18.2 Å². The highest BCUT2D eigenvalue weighted by atomic mass is 19.4. The van der Waals surface area contributed by atoms with Crippen molar-refractivity contribution in [3.05, 3.63) is 29.3 Å². The van der Waals surface area contributed by atoms with Crippen LogP contribution in [0.2, 0.25) is 0 Å². The van der Waals surface area contributed by atoms with E-state index in [9.17, 15) is 26.3 Å². The maximum Gasteiger partial charge on any atom is 0.416 e. The molecule has 0 bridgehead atoms. The first-order valence-corrected chi connectivity index (χ1v) is 5.05. The molecule has 0 spiro atoms. The quantitative estimate of drug-likeness (QED) is 0.852. The third kappa shape index (κ3) is 4.69. The second-order valence-electron chi connectivity index (χ2n) is 3.66. The van der Waals surface area contributed by atoms with Crippen LogP contribution in [0.1, 0.15) is 17.5 Å². The normalized spacial score (nSPS) is 12.1. The summed E-state index contributed by atoms with van der Waals surface area (Å²) >= 11 is 0. The van der Waals surface area contributed by atoms with E-state index in [0.29, 0.717) is 12.1 Å². The fourth-order valence-electron chi connectivity index (χ4n) is 1.31. The van der Waals surface area contributed by atoms with Gasteiger partial charge in [-0.3, -0.25) is 0 Å². The van der Waals surface area contributed by atoms with Gasteiger partial charge in [0.2, 0.25) is 0 Å². The first-order chi connectivity index (χ1) is 8.63. The average Bonchev–Trinajstić information content (AvgIpc) is 2.26. The van der Waals surface area contributed by atoms with Crippen LogP contribution >= 0.6 is 0 Å². The minimum Gasteiger partial charge on any atom is -0.384 e. The first-order valence-electron chi connectivity index (χ1n) is 5.05. The molecule has 8 heteroatoms. The molecule has 0 saturated carbocycles. The van der Waals surface area contributed by atoms with E-state index in [1.807, 2.05) is 0 Å². The summed E-state index contributed by atoms with van der Waals surface area (Å²) in [5, 5.41) is 11.0. The Bertz CT molecular complexity index is 483. The molecule has 0 aliphatic carbocycles. The van der Waals surface area contributed by atoms with Gasteiger partial charge < -0.3 is 5.32 Å². The van der Waals surface area contributed by atoms with Crippen LogP contribution in [0, 0.1) is 11.3 Å². The molecule has 19 heavy (non-hydrogen) atoms. The molecule has 1 aromatic rings. The van der Waals surface area contributed by atoms with E-state index < -0.39 is 30.9 Å². The van der Waals surface area contributed by atoms with Gasteiger partial charge in [-0.1, -0.05) is 0 Å². The van der Waals surface area contributed by atoms with E-state index in [0.717, 1.165) is 6.07 Å². The summed E-state index contributed by atoms with van der Waals surface area (Å²) in [5.74, 6) is 0. The lowest BCUT2D eigenvalue weighted by molar-refractivity contribution is -0.137. The number of nitrogens with zero attached hydrogens (tertiary/aromatic N) is 1. The Kier molecular flexibility index (Phi) is 4.29. The van der Waals surface area contributed by atoms with E-state index in [4.69, 9.17) is 5.26 Å². The van der Waals surface area contributed by atoms with Crippen LogP contribution in [0.3, 0.4) is 0 Å². The topological polar surface area (TPSA) is 35.8 Å². The molecule has 1 N–H and O–H groups in total. The number of anilines is 1. The zero-order chi connectivity index (χ0) is 14.7. The number of benzene rings is 1. The lowest BCUT2D eigenvalue weighted by Gasteiger charge is -2.12. The van der Waals surface area contributed by atoms with Gasteiger partial charge in [-0.05, 0) is 18.2 Å². The van der Waals surface area contributed by atoms with Crippen molar-refractivity contribution in [1.82, 2.24) is 0 Å². The molecule has 1 aromatic carbocycles. The van der Waals surface area contributed by atoms with Crippen molar-refractivity contribution in [2.45, 2.75) is 18.8 Å². The molecule has 0 fully saturated rings. The van der Waals surface area contributed by atoms with Crippen molar-refractivity contribution in [3.8, 4) is 6.07 Å². The minimum absolute atomic E-state index is 0.0558. The average molecular weight is 282 g/mol. The maximum atomic E-state index is 12.4. The number of alkyl halides is 6. The van der Waals surface area contributed by atoms with Gasteiger partial charge in [-0.25, -0.2) is 0 Å². The second kappa shape index (κ2) is 5.38. The predicted molar refractivity (Wildman–Crippen MR) is 55.3 cm³/mol. The van der Waals surface area contributed by atoms with Crippen molar-refractivity contribution in [2.75, 3.05) is 11.9 Å². The van der Waals surface area contributed by atoms with Crippen LogP contribution in [-0.4, -0.2) is 12.7 Å². The van der Waals surface area contributed by atoms with Crippen molar-refractivity contribution >= 4 is 5.69 Å². The largest absolute Gasteiger partial charge is 0.416 e. The van der Waals surface area contributed by atoms with Crippen molar-refractivity contribution in [2.24, 2.45) is 0 Å². The molecule has 0 aromatic heterocycles. The third-order valence-electron chi connectivity index (χ3n) is 2.19. The highest BCUT2D eigenvalue weighted by Gasteiger charge is 2.31. The first kappa shape index (κ1) is 15.1. The summed E-state index contributed by atoms with van der Waals surface area (Å²) in [7, 11) is 0. The molecule has 0 aliphatic heterocycles. The summed E-state index contributed by atoms with van der Waals surface area (Å²) in [6.07, 6.45) is -10.1. The molecule has 104 valence electrons. The molecular formula is C11H8F6N2. The van der Waals surface area contributed by atoms with E-state index in [1.54, 1.807) is 0 Å². The van der Waals surface area contributed by atoms with Crippen LogP contribution in [0.25, 0.3) is 0 Å². The third-order valence-corrected chi connectivity index (χ3v) is 2.19. The number of hydrogen-bond donors (Lipinski definition) is 1. The maximum absolute atomic E-state index is 12.4. The van der Waals surface area contributed by atoms with Gasteiger partial charge in [0.1, 0.15) is 6.07 Å². The Morgan fingerprint density at radius 3 is 2.21 bits per heavy atom. The molecule has 0 amide bonds. The number of nitrogens with one attached hydrogen (secondary N) is 1. The number of nitriles is 1. The summed E-state index contributed by atoms with van der Waals surface area (Å²) in [5.41, 5.74) is -1.43. The minimum atomic E-state index is -4.60. The zero-order valence-electron chi connectivity index (χ0n) is 9.36. The monoisotopic (exact) mass is 282 g/mol. The molecular weight excluding hydrogens is 274 g/mol. The molecule has 0 atom stereocenters. The standard InChI is InChI=1S/C11H8F6N2/c12-10(13,14)3-4-19-9-2-1-8(11(15,16)17)5-7(9)6-18/h1-2,5,19H,3-4H2. The van der Waals surface area contributed by atoms with Crippen LogP contribution in [0.5, 0.6) is 0 Å². The van der Waals surface area contributed by atoms with E-state index in [2.05, 4.69) is 5.32 Å². The molecule has 0 saturated heterocycles. The smallest absolute Gasteiger partial charge is 0.384 e. The Morgan fingerprint density at radius 1 is 1.11 bits per heavy atom. The van der Waals surface area contributed by atoms with E-state index in [-0.39, 0.29) is 11.3 Å². The van der Waals surface area contributed by atoms with Crippen molar-refractivity contribution in [3.63, 3.8) is 0 Å². The van der Waals surface area contributed by atoms with Gasteiger partial charge in [-0.15, -0.1) is 0 Å². The van der Waals surface area contributed by atoms with Gasteiger partial charge in [0.25, 0.3) is 0 Å². The van der Waals surface area contributed by atoms with Gasteiger partial charge in [0.15, 0.2) is 0 Å². The number of halogens is 6. The zero-order valence-corrected chi connectivity index (χ0v) is 9.36. The Hall–Kier alpha value is -1.91. The second-order valence-corrected chi connectivity index (χ2v) is 3.66. The molecule has 0 radical (unpaired) electrons. The fourth-order valence-corrected chi connectivity index (χ4v) is 1.31. The molecule has 2 nitrogen and oxygen atoms in total. The highest BCUT2D eigenvalue weighted by molar-refractivity contribution is 5.58. The number of rotatable bonds is 3. The van der Waals surface area contributed by atoms with Gasteiger partial charge in [0, 0.05) is 6.54 Å². The van der Waals surface area contributed by atoms with Crippen molar-refractivity contribution in [1.29, 1.82) is 5.26 Å². The highest BCUT2D eigenvalue weighted by Crippen LogP contribution is 2.31. The van der Waals surface area contributed by atoms with Crippen LogP contribution in [0.4, 0.5) is 32.0 Å². The Labute approximate surface area is 104 Å². The molecule has 0 aliphatic rings. The summed E-state index contributed by atoms with van der Waals surface area (Å²) in [6, 6.07) is 3.75. The summed E-state index contributed by atoms with van der Waals surface area (Å²) in [6.45, 7) is -0.510. The van der Waals surface area contributed by atoms with Crippen LogP contribution < -0.4 is 5.32 Å². The number of hydrogen-bond acceptors (Lipinski definition) is 2. The SMILES string of the molecule is N#Cc1cc(C(F)(F)F)ccc1NCCC(F)(F)F. The predicted octanol–water partition coefficient (Wildman–Crippen LogP) is 3.94. The fraction of sp³-hybridized carbons (Fsp3) is 0.364. The lowest BCUT2D eigenvalue weighted by Crippen LogP contribution is -2.15. The van der Waals surface area contributed by atoms with E-state index in [1.165, 1.54) is 6.07 Å². The summed E-state index contributed by atoms with van der Waals surface area (Å²) in [4.78, 5) is 0. The van der Waals surface area contributed by atoms with E-state index >= 15 is 0 Å². The Balaban J connectivity index is 2.84. The lowest BCUT2D eigenvalue weighted by atomic mass is 10.1. The molecule has 1 rings (SSSR count). The van der Waals surface area contributed by atoms with Gasteiger partial charge in [0.05, 0.1) is 23.2 Å². The van der Waals surface area contributed by atoms with Crippen LogP contribution in [-0.2, 0) is 6.18 Å².